The number of carbonyl (C=O) groups excluding carboxylic acids is 2. The van der Waals surface area contributed by atoms with E-state index in [4.69, 9.17) is 0 Å². The van der Waals surface area contributed by atoms with Gasteiger partial charge in [-0.2, -0.15) is 0 Å². The summed E-state index contributed by atoms with van der Waals surface area (Å²) in [7, 11) is 0. The number of aromatic nitrogens is 2. The Morgan fingerprint density at radius 2 is 1.04 bits per heavy atom. The minimum absolute atomic E-state index is 0. The van der Waals surface area contributed by atoms with Crippen LogP contribution in [0.15, 0.2) is 73.1 Å². The maximum atomic E-state index is 10.0. The Labute approximate surface area is 167 Å². The van der Waals surface area contributed by atoms with Crippen molar-refractivity contribution in [2.24, 2.45) is 0 Å². The molecule has 2 aromatic carbocycles. The Hall–Kier alpha value is -2.49. The third-order valence-electron chi connectivity index (χ3n) is 3.29. The van der Waals surface area contributed by atoms with E-state index in [0.29, 0.717) is 0 Å². The van der Waals surface area contributed by atoms with Crippen LogP contribution >= 0.6 is 0 Å². The summed E-state index contributed by atoms with van der Waals surface area (Å²) in [5.74, 6) is -0.125. The van der Waals surface area contributed by atoms with Crippen LogP contribution in [0, 0.1) is 0 Å². The van der Waals surface area contributed by atoms with Gasteiger partial charge in [0, 0.05) is 43.6 Å². The van der Waals surface area contributed by atoms with Crippen LogP contribution in [0.5, 0.6) is 0 Å². The van der Waals surface area contributed by atoms with Crippen molar-refractivity contribution < 1.29 is 29.7 Å². The van der Waals surface area contributed by atoms with Gasteiger partial charge in [0.05, 0.1) is 17.8 Å². The van der Waals surface area contributed by atoms with Crippen molar-refractivity contribution in [1.82, 2.24) is 9.97 Å². The van der Waals surface area contributed by atoms with Crippen LogP contribution in [0.4, 0.5) is 0 Å². The molecule has 0 atom stereocenters. The topological polar surface area (TPSA) is 59.9 Å². The molecule has 0 aliphatic carbocycles. The molecule has 135 valence electrons. The Morgan fingerprint density at radius 3 is 1.31 bits per heavy atom. The molecule has 1 radical (unpaired) electrons. The van der Waals surface area contributed by atoms with Gasteiger partial charge in [-0.05, 0) is 13.8 Å². The van der Waals surface area contributed by atoms with E-state index in [1.807, 2.05) is 36.4 Å². The van der Waals surface area contributed by atoms with Gasteiger partial charge < -0.3 is 0 Å². The van der Waals surface area contributed by atoms with Crippen LogP contribution in [0.25, 0.3) is 22.5 Å². The van der Waals surface area contributed by atoms with Crippen molar-refractivity contribution in [2.45, 2.75) is 20.3 Å². The summed E-state index contributed by atoms with van der Waals surface area (Å²) in [6.07, 6.45) is 3.55. The molecular weight excluding hydrogens is 504 g/mol. The second-order valence-corrected chi connectivity index (χ2v) is 5.57. The molecule has 0 aliphatic rings. The Morgan fingerprint density at radius 1 is 0.692 bits per heavy atom. The predicted octanol–water partition coefficient (Wildman–Crippen LogP) is 4.36. The minimum Gasteiger partial charge on any atom is -0.300 e. The zero-order valence-electron chi connectivity index (χ0n) is 14.7. The number of ketones is 2. The zero-order chi connectivity index (χ0) is 18.1. The standard InChI is InChI=1S/C16H12N2.C5H8O2.Ir/c1-3-7-13(8-4-1)15-16(18-12-11-17-15)14-9-5-2-6-10-14;1-4(6)3-5(2)7;/h1-12H;3H2,1-2H3;. The number of carbonyl (C=O) groups is 2. The van der Waals surface area contributed by atoms with Crippen molar-refractivity contribution in [3.63, 3.8) is 0 Å². The Kier molecular flexibility index (Phi) is 9.27. The number of Topliss-reactive ketones (excluding diaryl/α,β-unsaturated/α-hetero) is 2. The fraction of sp³-hybridized carbons (Fsp3) is 0.143. The molecule has 0 saturated heterocycles. The van der Waals surface area contributed by atoms with E-state index in [1.165, 1.54) is 13.8 Å². The van der Waals surface area contributed by atoms with Crippen LogP contribution in [0.1, 0.15) is 20.3 Å². The summed E-state index contributed by atoms with van der Waals surface area (Å²) in [4.78, 5) is 29.0. The molecule has 4 nitrogen and oxygen atoms in total. The SMILES string of the molecule is CC(=O)CC(C)=O.[Ir].c1ccc(-c2nccnc2-c2ccccc2)cc1. The molecule has 26 heavy (non-hydrogen) atoms. The minimum atomic E-state index is -0.0625. The molecule has 1 aromatic heterocycles. The fourth-order valence-corrected chi connectivity index (χ4v) is 2.30. The van der Waals surface area contributed by atoms with Crippen LogP contribution in [0.3, 0.4) is 0 Å². The van der Waals surface area contributed by atoms with E-state index in [9.17, 15) is 9.59 Å². The molecule has 0 amide bonds. The summed E-state index contributed by atoms with van der Waals surface area (Å²) < 4.78 is 0. The Bertz CT molecular complexity index is 766. The molecule has 0 fully saturated rings. The molecule has 3 aromatic rings. The van der Waals surface area contributed by atoms with Gasteiger partial charge in [-0.3, -0.25) is 19.6 Å². The zero-order valence-corrected chi connectivity index (χ0v) is 17.1. The normalized spacial score (nSPS) is 9.31. The molecule has 0 unspecified atom stereocenters. The van der Waals surface area contributed by atoms with Crippen LogP contribution in [0.2, 0.25) is 0 Å². The monoisotopic (exact) mass is 525 g/mol. The first-order valence-corrected chi connectivity index (χ1v) is 7.98. The molecule has 0 N–H and O–H groups in total. The summed E-state index contributed by atoms with van der Waals surface area (Å²) in [5.41, 5.74) is 4.02. The van der Waals surface area contributed by atoms with Crippen LogP contribution in [-0.4, -0.2) is 21.5 Å². The van der Waals surface area contributed by atoms with E-state index < -0.39 is 0 Å². The second kappa shape index (κ2) is 11.2. The third-order valence-corrected chi connectivity index (χ3v) is 3.29. The van der Waals surface area contributed by atoms with Gasteiger partial charge in [0.15, 0.2) is 0 Å². The molecule has 3 rings (SSSR count). The molecule has 0 saturated carbocycles. The first kappa shape index (κ1) is 21.6. The van der Waals surface area contributed by atoms with Gasteiger partial charge in [0.1, 0.15) is 11.6 Å². The summed E-state index contributed by atoms with van der Waals surface area (Å²) in [6, 6.07) is 20.3. The van der Waals surface area contributed by atoms with Crippen molar-refractivity contribution in [3.8, 4) is 22.5 Å². The molecule has 0 aliphatic heterocycles. The van der Waals surface area contributed by atoms with Gasteiger partial charge in [0.25, 0.3) is 0 Å². The fourth-order valence-electron chi connectivity index (χ4n) is 2.30. The first-order valence-electron chi connectivity index (χ1n) is 7.98. The summed E-state index contributed by atoms with van der Waals surface area (Å²) >= 11 is 0. The predicted molar refractivity (Wildman–Crippen MR) is 98.9 cm³/mol. The average molecular weight is 525 g/mol. The van der Waals surface area contributed by atoms with Gasteiger partial charge >= 0.3 is 0 Å². The van der Waals surface area contributed by atoms with E-state index in [2.05, 4.69) is 34.2 Å². The van der Waals surface area contributed by atoms with Gasteiger partial charge in [-0.15, -0.1) is 0 Å². The van der Waals surface area contributed by atoms with Crippen molar-refractivity contribution >= 4 is 11.6 Å². The third kappa shape index (κ3) is 6.79. The maximum absolute atomic E-state index is 10.0. The van der Waals surface area contributed by atoms with Crippen molar-refractivity contribution in [1.29, 1.82) is 0 Å². The Balaban J connectivity index is 0.000000366. The average Bonchev–Trinajstić information content (AvgIpc) is 2.63. The molecule has 1 heterocycles. The van der Waals surface area contributed by atoms with Gasteiger partial charge in [-0.25, -0.2) is 0 Å². The first-order chi connectivity index (χ1) is 12.1. The number of hydrogen-bond donors (Lipinski definition) is 0. The number of hydrogen-bond acceptors (Lipinski definition) is 4. The van der Waals surface area contributed by atoms with Crippen molar-refractivity contribution in [3.05, 3.63) is 73.1 Å². The summed E-state index contributed by atoms with van der Waals surface area (Å²) in [6.45, 7) is 2.81. The van der Waals surface area contributed by atoms with Crippen molar-refractivity contribution in [2.75, 3.05) is 0 Å². The number of rotatable bonds is 4. The second-order valence-electron chi connectivity index (χ2n) is 5.57. The van der Waals surface area contributed by atoms with Crippen LogP contribution in [-0.2, 0) is 29.7 Å². The van der Waals surface area contributed by atoms with Crippen LogP contribution < -0.4 is 0 Å². The van der Waals surface area contributed by atoms with E-state index in [-0.39, 0.29) is 38.1 Å². The molecule has 0 bridgehead atoms. The smallest absolute Gasteiger partial charge is 0.137 e. The van der Waals surface area contributed by atoms with E-state index in [1.54, 1.807) is 12.4 Å². The quantitative estimate of drug-likeness (QED) is 0.476. The molecular formula is C21H20IrN2O2. The molecule has 0 spiro atoms. The number of nitrogens with zero attached hydrogens (tertiary/aromatic N) is 2. The maximum Gasteiger partial charge on any atom is 0.137 e. The van der Waals surface area contributed by atoms with Gasteiger partial charge in [-0.1, -0.05) is 60.7 Å². The van der Waals surface area contributed by atoms with Gasteiger partial charge in [0.2, 0.25) is 0 Å². The largest absolute Gasteiger partial charge is 0.300 e. The van der Waals surface area contributed by atoms with E-state index >= 15 is 0 Å². The molecule has 5 heteroatoms. The van der Waals surface area contributed by atoms with E-state index in [0.717, 1.165) is 22.5 Å². The number of benzene rings is 2. The summed E-state index contributed by atoms with van der Waals surface area (Å²) in [5, 5.41) is 0.